The summed E-state index contributed by atoms with van der Waals surface area (Å²) in [7, 11) is 1.44. The zero-order valence-corrected chi connectivity index (χ0v) is 9.38. The Morgan fingerprint density at radius 1 is 1.50 bits per heavy atom. The fourth-order valence-corrected chi connectivity index (χ4v) is 1.29. The van der Waals surface area contributed by atoms with Crippen LogP contribution in [0.4, 0.5) is 0 Å². The van der Waals surface area contributed by atoms with Gasteiger partial charge in [-0.05, 0) is 18.2 Å². The standard InChI is InChI=1S/C10H11ClN2O3/c1-16-8-3-2-6(11)4-7(8)10(15)13-5-9(12)14/h2-4H,5H2,1H3,(H2,12,14)(H,13,15). The smallest absolute Gasteiger partial charge is 0.255 e. The molecule has 1 rings (SSSR count). The fourth-order valence-electron chi connectivity index (χ4n) is 1.12. The second kappa shape index (κ2) is 5.37. The minimum Gasteiger partial charge on any atom is -0.496 e. The van der Waals surface area contributed by atoms with E-state index in [9.17, 15) is 9.59 Å². The van der Waals surface area contributed by atoms with E-state index in [1.165, 1.54) is 13.2 Å². The van der Waals surface area contributed by atoms with Crippen molar-refractivity contribution in [2.75, 3.05) is 13.7 Å². The van der Waals surface area contributed by atoms with Crippen LogP contribution in [-0.4, -0.2) is 25.5 Å². The zero-order chi connectivity index (χ0) is 12.1. The lowest BCUT2D eigenvalue weighted by molar-refractivity contribution is -0.117. The van der Waals surface area contributed by atoms with Gasteiger partial charge in [0.2, 0.25) is 5.91 Å². The van der Waals surface area contributed by atoms with Crippen LogP contribution in [0.1, 0.15) is 10.4 Å². The second-order valence-electron chi connectivity index (χ2n) is 2.99. The second-order valence-corrected chi connectivity index (χ2v) is 3.43. The Morgan fingerprint density at radius 3 is 2.75 bits per heavy atom. The lowest BCUT2D eigenvalue weighted by Crippen LogP contribution is -2.33. The highest BCUT2D eigenvalue weighted by Crippen LogP contribution is 2.22. The summed E-state index contributed by atoms with van der Waals surface area (Å²) in [6.07, 6.45) is 0. The molecule has 2 amide bonds. The fraction of sp³-hybridized carbons (Fsp3) is 0.200. The number of amides is 2. The highest BCUT2D eigenvalue weighted by Gasteiger charge is 2.12. The first-order chi connectivity index (χ1) is 7.54. The molecule has 0 atom stereocenters. The number of hydrogen-bond donors (Lipinski definition) is 2. The number of hydrogen-bond acceptors (Lipinski definition) is 3. The van der Waals surface area contributed by atoms with E-state index in [4.69, 9.17) is 22.1 Å². The third kappa shape index (κ3) is 3.13. The maximum Gasteiger partial charge on any atom is 0.255 e. The molecule has 86 valence electrons. The van der Waals surface area contributed by atoms with E-state index in [2.05, 4.69) is 5.32 Å². The predicted octanol–water partition coefficient (Wildman–Crippen LogP) is 0.564. The molecule has 0 spiro atoms. The van der Waals surface area contributed by atoms with Gasteiger partial charge in [-0.25, -0.2) is 0 Å². The first-order valence-electron chi connectivity index (χ1n) is 4.44. The summed E-state index contributed by atoms with van der Waals surface area (Å²) in [5, 5.41) is 2.76. The molecule has 1 aromatic rings. The maximum atomic E-state index is 11.6. The summed E-state index contributed by atoms with van der Waals surface area (Å²) in [6, 6.07) is 4.63. The predicted molar refractivity (Wildman–Crippen MR) is 59.5 cm³/mol. The number of carbonyl (C=O) groups excluding carboxylic acids is 2. The topological polar surface area (TPSA) is 81.4 Å². The first-order valence-corrected chi connectivity index (χ1v) is 4.82. The van der Waals surface area contributed by atoms with Crippen molar-refractivity contribution >= 4 is 23.4 Å². The van der Waals surface area contributed by atoms with Gasteiger partial charge in [0.15, 0.2) is 0 Å². The average Bonchev–Trinajstić information content (AvgIpc) is 2.25. The maximum absolute atomic E-state index is 11.6. The highest BCUT2D eigenvalue weighted by atomic mass is 35.5. The van der Waals surface area contributed by atoms with Crippen LogP contribution in [0.3, 0.4) is 0 Å². The Kier molecular flexibility index (Phi) is 4.13. The molecule has 16 heavy (non-hydrogen) atoms. The SMILES string of the molecule is COc1ccc(Cl)cc1C(=O)NCC(N)=O. The zero-order valence-electron chi connectivity index (χ0n) is 8.62. The van der Waals surface area contributed by atoms with Crippen LogP contribution < -0.4 is 15.8 Å². The van der Waals surface area contributed by atoms with Crippen LogP contribution in [0.15, 0.2) is 18.2 Å². The summed E-state index contributed by atoms with van der Waals surface area (Å²) in [5.41, 5.74) is 5.17. The molecule has 5 nitrogen and oxygen atoms in total. The van der Waals surface area contributed by atoms with Gasteiger partial charge in [0.05, 0.1) is 19.2 Å². The normalized spacial score (nSPS) is 9.62. The van der Waals surface area contributed by atoms with E-state index in [-0.39, 0.29) is 12.1 Å². The van der Waals surface area contributed by atoms with Gasteiger partial charge in [-0.1, -0.05) is 11.6 Å². The summed E-state index contributed by atoms with van der Waals surface area (Å²) in [6.45, 7) is -0.228. The molecule has 1 aromatic carbocycles. The Morgan fingerprint density at radius 2 is 2.19 bits per heavy atom. The minimum atomic E-state index is -0.616. The third-order valence-electron chi connectivity index (χ3n) is 1.83. The molecule has 0 aliphatic rings. The van der Waals surface area contributed by atoms with Crippen LogP contribution in [-0.2, 0) is 4.79 Å². The molecular weight excluding hydrogens is 232 g/mol. The van der Waals surface area contributed by atoms with Gasteiger partial charge in [0.1, 0.15) is 5.75 Å². The van der Waals surface area contributed by atoms with E-state index in [0.717, 1.165) is 0 Å². The summed E-state index contributed by atoms with van der Waals surface area (Å²) < 4.78 is 4.99. The molecule has 0 radical (unpaired) electrons. The minimum absolute atomic E-state index is 0.228. The number of methoxy groups -OCH3 is 1. The van der Waals surface area contributed by atoms with E-state index in [1.807, 2.05) is 0 Å². The summed E-state index contributed by atoms with van der Waals surface area (Å²) in [4.78, 5) is 22.1. The molecule has 0 aliphatic carbocycles. The van der Waals surface area contributed by atoms with Crippen molar-refractivity contribution < 1.29 is 14.3 Å². The quantitative estimate of drug-likeness (QED) is 0.810. The van der Waals surface area contributed by atoms with E-state index in [0.29, 0.717) is 10.8 Å². The third-order valence-corrected chi connectivity index (χ3v) is 2.06. The number of nitrogens with one attached hydrogen (secondary N) is 1. The van der Waals surface area contributed by atoms with E-state index >= 15 is 0 Å². The van der Waals surface area contributed by atoms with Crippen molar-refractivity contribution in [1.29, 1.82) is 0 Å². The number of halogens is 1. The molecule has 0 saturated heterocycles. The number of nitrogens with two attached hydrogens (primary N) is 1. The first kappa shape index (κ1) is 12.3. The molecule has 0 heterocycles. The summed E-state index contributed by atoms with van der Waals surface area (Å²) in [5.74, 6) is -0.695. The van der Waals surface area contributed by atoms with Gasteiger partial charge in [0, 0.05) is 5.02 Å². The number of carbonyl (C=O) groups is 2. The highest BCUT2D eigenvalue weighted by molar-refractivity contribution is 6.31. The van der Waals surface area contributed by atoms with Gasteiger partial charge >= 0.3 is 0 Å². The summed E-state index contributed by atoms with van der Waals surface area (Å²) >= 11 is 5.75. The Balaban J connectivity index is 2.88. The lowest BCUT2D eigenvalue weighted by atomic mass is 10.2. The van der Waals surface area contributed by atoms with Crippen molar-refractivity contribution in [1.82, 2.24) is 5.32 Å². The number of ether oxygens (including phenoxy) is 1. The van der Waals surface area contributed by atoms with Crippen molar-refractivity contribution in [2.45, 2.75) is 0 Å². The largest absolute Gasteiger partial charge is 0.496 e. The Bertz CT molecular complexity index is 421. The molecule has 0 unspecified atom stereocenters. The molecule has 3 N–H and O–H groups in total. The van der Waals surface area contributed by atoms with Crippen LogP contribution in [0, 0.1) is 0 Å². The van der Waals surface area contributed by atoms with Crippen LogP contribution in [0.25, 0.3) is 0 Å². The molecule has 0 fully saturated rings. The Hall–Kier alpha value is -1.75. The van der Waals surface area contributed by atoms with Gasteiger partial charge in [-0.15, -0.1) is 0 Å². The van der Waals surface area contributed by atoms with Crippen LogP contribution >= 0.6 is 11.6 Å². The van der Waals surface area contributed by atoms with Crippen LogP contribution in [0.5, 0.6) is 5.75 Å². The molecule has 0 saturated carbocycles. The van der Waals surface area contributed by atoms with Gasteiger partial charge in [-0.3, -0.25) is 9.59 Å². The molecule has 0 aliphatic heterocycles. The van der Waals surface area contributed by atoms with E-state index in [1.54, 1.807) is 12.1 Å². The number of rotatable bonds is 4. The molecular formula is C10H11ClN2O3. The molecule has 6 heteroatoms. The van der Waals surface area contributed by atoms with E-state index < -0.39 is 11.8 Å². The lowest BCUT2D eigenvalue weighted by Gasteiger charge is -2.08. The van der Waals surface area contributed by atoms with Crippen molar-refractivity contribution in [2.24, 2.45) is 5.73 Å². The average molecular weight is 243 g/mol. The number of primary amides is 1. The van der Waals surface area contributed by atoms with Gasteiger partial charge < -0.3 is 15.8 Å². The van der Waals surface area contributed by atoms with Crippen molar-refractivity contribution in [3.8, 4) is 5.75 Å². The van der Waals surface area contributed by atoms with Crippen molar-refractivity contribution in [3.05, 3.63) is 28.8 Å². The number of benzene rings is 1. The van der Waals surface area contributed by atoms with Gasteiger partial charge in [0.25, 0.3) is 5.91 Å². The monoisotopic (exact) mass is 242 g/mol. The molecule has 0 aromatic heterocycles. The molecule has 0 bridgehead atoms. The van der Waals surface area contributed by atoms with Crippen LogP contribution in [0.2, 0.25) is 5.02 Å². The Labute approximate surface area is 97.5 Å². The van der Waals surface area contributed by atoms with Crippen molar-refractivity contribution in [3.63, 3.8) is 0 Å². The van der Waals surface area contributed by atoms with Gasteiger partial charge in [-0.2, -0.15) is 0 Å².